The van der Waals surface area contributed by atoms with Gasteiger partial charge in [-0.2, -0.15) is 0 Å². The van der Waals surface area contributed by atoms with Gasteiger partial charge in [0.1, 0.15) is 5.82 Å². The molecule has 4 heteroatoms. The summed E-state index contributed by atoms with van der Waals surface area (Å²) in [5, 5.41) is 3.44. The van der Waals surface area contributed by atoms with E-state index in [1.807, 2.05) is 18.2 Å². The van der Waals surface area contributed by atoms with Crippen molar-refractivity contribution >= 4 is 5.82 Å². The topological polar surface area (TPSA) is 41.0 Å². The Hall–Kier alpha value is -1.94. The number of anilines is 1. The van der Waals surface area contributed by atoms with E-state index in [2.05, 4.69) is 40.3 Å². The van der Waals surface area contributed by atoms with Crippen molar-refractivity contribution in [3.63, 3.8) is 0 Å². The molecule has 1 aromatic heterocycles. The zero-order valence-corrected chi connectivity index (χ0v) is 12.5. The summed E-state index contributed by atoms with van der Waals surface area (Å²) in [6.45, 7) is 6.32. The fourth-order valence-corrected chi connectivity index (χ4v) is 2.62. The average Bonchev–Trinajstić information content (AvgIpc) is 2.84. The smallest absolute Gasteiger partial charge is 0.161 e. The molecule has 1 fully saturated rings. The Morgan fingerprint density at radius 2 is 1.95 bits per heavy atom. The molecule has 1 aliphatic rings. The fraction of sp³-hybridized carbons (Fsp3) is 0.412. The monoisotopic (exact) mass is 282 g/mol. The number of hydrogen-bond acceptors (Lipinski definition) is 4. The van der Waals surface area contributed by atoms with E-state index >= 15 is 0 Å². The summed E-state index contributed by atoms with van der Waals surface area (Å²) >= 11 is 0. The lowest BCUT2D eigenvalue weighted by molar-refractivity contribution is 0.724. The minimum absolute atomic E-state index is 0.835. The predicted octanol–water partition coefficient (Wildman–Crippen LogP) is 2.51. The van der Waals surface area contributed by atoms with Crippen molar-refractivity contribution in [2.24, 2.45) is 0 Å². The maximum Gasteiger partial charge on any atom is 0.161 e. The van der Waals surface area contributed by atoms with Crippen LogP contribution in [0.5, 0.6) is 0 Å². The minimum Gasteiger partial charge on any atom is -0.355 e. The molecule has 0 aliphatic carbocycles. The van der Waals surface area contributed by atoms with Gasteiger partial charge < -0.3 is 10.2 Å². The second-order valence-corrected chi connectivity index (χ2v) is 5.35. The highest BCUT2D eigenvalue weighted by Crippen LogP contribution is 2.21. The van der Waals surface area contributed by atoms with E-state index in [4.69, 9.17) is 4.98 Å². The molecule has 1 aliphatic heterocycles. The van der Waals surface area contributed by atoms with Gasteiger partial charge in [0.15, 0.2) is 5.82 Å². The second-order valence-electron chi connectivity index (χ2n) is 5.35. The number of aromatic nitrogens is 2. The molecule has 2 aromatic rings. The van der Waals surface area contributed by atoms with E-state index in [0.29, 0.717) is 0 Å². The molecule has 1 aromatic carbocycles. The lowest BCUT2D eigenvalue weighted by Crippen LogP contribution is -2.29. The van der Waals surface area contributed by atoms with E-state index in [9.17, 15) is 0 Å². The van der Waals surface area contributed by atoms with Crippen LogP contribution >= 0.6 is 0 Å². The molecule has 2 heterocycles. The van der Waals surface area contributed by atoms with Crippen LogP contribution in [0, 0.1) is 0 Å². The molecule has 0 spiro atoms. The number of aryl methyl sites for hydroxylation is 1. The Kier molecular flexibility index (Phi) is 4.46. The van der Waals surface area contributed by atoms with Gasteiger partial charge in [0.25, 0.3) is 0 Å². The number of rotatable bonds is 3. The highest BCUT2D eigenvalue weighted by molar-refractivity contribution is 5.58. The molecule has 0 atom stereocenters. The quantitative estimate of drug-likeness (QED) is 0.939. The third-order valence-corrected chi connectivity index (χ3v) is 3.82. The maximum atomic E-state index is 4.80. The van der Waals surface area contributed by atoms with Crippen LogP contribution in [-0.2, 0) is 6.42 Å². The van der Waals surface area contributed by atoms with E-state index in [1.54, 1.807) is 0 Å². The van der Waals surface area contributed by atoms with E-state index < -0.39 is 0 Å². The number of benzene rings is 1. The molecule has 110 valence electrons. The average molecular weight is 282 g/mol. The van der Waals surface area contributed by atoms with Gasteiger partial charge in [-0.05, 0) is 19.4 Å². The van der Waals surface area contributed by atoms with Crippen LogP contribution < -0.4 is 10.2 Å². The lowest BCUT2D eigenvalue weighted by Gasteiger charge is -2.22. The molecule has 1 N–H and O–H groups in total. The first kappa shape index (κ1) is 14.0. The molecule has 3 rings (SSSR count). The SMILES string of the molecule is CCc1cc(N2CCCNCC2)nc(-c2ccccc2)n1. The zero-order chi connectivity index (χ0) is 14.5. The van der Waals surface area contributed by atoms with Crippen molar-refractivity contribution in [1.29, 1.82) is 0 Å². The van der Waals surface area contributed by atoms with Crippen LogP contribution in [-0.4, -0.2) is 36.1 Å². The number of nitrogens with one attached hydrogen (secondary N) is 1. The van der Waals surface area contributed by atoms with Gasteiger partial charge in [-0.1, -0.05) is 37.3 Å². The van der Waals surface area contributed by atoms with Crippen molar-refractivity contribution < 1.29 is 0 Å². The highest BCUT2D eigenvalue weighted by Gasteiger charge is 2.13. The van der Waals surface area contributed by atoms with E-state index in [0.717, 1.165) is 61.9 Å². The van der Waals surface area contributed by atoms with Crippen molar-refractivity contribution in [3.05, 3.63) is 42.1 Å². The largest absolute Gasteiger partial charge is 0.355 e. The Balaban J connectivity index is 1.96. The Bertz CT molecular complexity index is 575. The summed E-state index contributed by atoms with van der Waals surface area (Å²) in [5.74, 6) is 1.89. The summed E-state index contributed by atoms with van der Waals surface area (Å²) < 4.78 is 0. The molecule has 0 unspecified atom stereocenters. The molecule has 0 bridgehead atoms. The second kappa shape index (κ2) is 6.68. The van der Waals surface area contributed by atoms with E-state index in [1.165, 1.54) is 0 Å². The van der Waals surface area contributed by atoms with Crippen LogP contribution in [0.3, 0.4) is 0 Å². The van der Waals surface area contributed by atoms with Crippen molar-refractivity contribution in [3.8, 4) is 11.4 Å². The van der Waals surface area contributed by atoms with Crippen LogP contribution in [0.4, 0.5) is 5.82 Å². The van der Waals surface area contributed by atoms with Gasteiger partial charge in [0, 0.05) is 37.0 Å². The highest BCUT2D eigenvalue weighted by atomic mass is 15.2. The van der Waals surface area contributed by atoms with Crippen molar-refractivity contribution in [2.75, 3.05) is 31.1 Å². The van der Waals surface area contributed by atoms with Gasteiger partial charge >= 0.3 is 0 Å². The summed E-state index contributed by atoms with van der Waals surface area (Å²) in [6.07, 6.45) is 2.09. The van der Waals surface area contributed by atoms with E-state index in [-0.39, 0.29) is 0 Å². The predicted molar refractivity (Wildman–Crippen MR) is 86.5 cm³/mol. The molecule has 0 saturated carbocycles. The van der Waals surface area contributed by atoms with Gasteiger partial charge in [-0.15, -0.1) is 0 Å². The van der Waals surface area contributed by atoms with Crippen LogP contribution in [0.15, 0.2) is 36.4 Å². The third kappa shape index (κ3) is 3.39. The van der Waals surface area contributed by atoms with Gasteiger partial charge in [-0.25, -0.2) is 9.97 Å². The van der Waals surface area contributed by atoms with Gasteiger partial charge in [-0.3, -0.25) is 0 Å². The van der Waals surface area contributed by atoms with Crippen LogP contribution in [0.2, 0.25) is 0 Å². The van der Waals surface area contributed by atoms with Gasteiger partial charge in [0.2, 0.25) is 0 Å². The standard InChI is InChI=1S/C17H22N4/c1-2-15-13-16(21-11-6-9-18-10-12-21)20-17(19-15)14-7-4-3-5-8-14/h3-5,7-8,13,18H,2,6,9-12H2,1H3. The molecule has 21 heavy (non-hydrogen) atoms. The Labute approximate surface area is 126 Å². The van der Waals surface area contributed by atoms with Crippen LogP contribution in [0.25, 0.3) is 11.4 Å². The molecular formula is C17H22N4. The third-order valence-electron chi connectivity index (χ3n) is 3.82. The number of hydrogen-bond donors (Lipinski definition) is 1. The Morgan fingerprint density at radius 1 is 1.10 bits per heavy atom. The summed E-state index contributed by atoms with van der Waals surface area (Å²) in [4.78, 5) is 11.9. The summed E-state index contributed by atoms with van der Waals surface area (Å²) in [6, 6.07) is 12.4. The normalized spacial score (nSPS) is 15.8. The minimum atomic E-state index is 0.835. The molecule has 0 radical (unpaired) electrons. The first-order valence-corrected chi connectivity index (χ1v) is 7.76. The molecule has 0 amide bonds. The zero-order valence-electron chi connectivity index (χ0n) is 12.5. The summed E-state index contributed by atoms with van der Waals surface area (Å²) in [5.41, 5.74) is 2.19. The fourth-order valence-electron chi connectivity index (χ4n) is 2.62. The van der Waals surface area contributed by atoms with Crippen molar-refractivity contribution in [2.45, 2.75) is 19.8 Å². The van der Waals surface area contributed by atoms with Gasteiger partial charge in [0.05, 0.1) is 0 Å². The van der Waals surface area contributed by atoms with Crippen LogP contribution in [0.1, 0.15) is 19.0 Å². The molecular weight excluding hydrogens is 260 g/mol. The number of nitrogens with zero attached hydrogens (tertiary/aromatic N) is 3. The maximum absolute atomic E-state index is 4.80. The first-order valence-electron chi connectivity index (χ1n) is 7.76. The first-order chi connectivity index (χ1) is 10.4. The molecule has 4 nitrogen and oxygen atoms in total. The molecule has 1 saturated heterocycles. The lowest BCUT2D eigenvalue weighted by atomic mass is 10.2. The Morgan fingerprint density at radius 3 is 2.76 bits per heavy atom. The summed E-state index contributed by atoms with van der Waals surface area (Å²) in [7, 11) is 0. The van der Waals surface area contributed by atoms with Crippen molar-refractivity contribution in [1.82, 2.24) is 15.3 Å².